The molecule has 7 rings (SSSR count). The van der Waals surface area contributed by atoms with Gasteiger partial charge in [0, 0.05) is 35.8 Å². The van der Waals surface area contributed by atoms with Crippen molar-refractivity contribution in [3.8, 4) is 11.4 Å². The minimum absolute atomic E-state index is 0.0299. The smallest absolute Gasteiger partial charge is 0.270 e. The van der Waals surface area contributed by atoms with Gasteiger partial charge in [0.2, 0.25) is 5.82 Å². The summed E-state index contributed by atoms with van der Waals surface area (Å²) in [6.45, 7) is 4.76. The fraction of sp³-hybridized carbons (Fsp3) is 0.258. The first-order valence-electron chi connectivity index (χ1n) is 14.4. The minimum Gasteiger partial charge on any atom is -0.394 e. The van der Waals surface area contributed by atoms with Crippen molar-refractivity contribution in [2.24, 2.45) is 0 Å². The molecule has 0 bridgehead atoms. The highest BCUT2D eigenvalue weighted by atomic mass is 16.2. The largest absolute Gasteiger partial charge is 0.394 e. The number of nitrogens with two attached hydrogens (primary N) is 1. The standard InChI is InChI=1S/C31H28N10O4/c1-31(2)13-41(25-24(32)26(42)27(25)43)23-9-15(3-7-19(23)31)12-33-29(44)21-11-22(35-14-34-21)30(45)36-20-8-5-16-10-17(4-6-18(16)20)28-37-39-40-38-28/h3-4,6-7,9-11,14,20H,5,8,12-13,32H2,1-2H3,(H,33,44)(H,36,45)(H,37,38,39,40)/t20-/m0/s1. The lowest BCUT2D eigenvalue weighted by Gasteiger charge is -2.24. The lowest BCUT2D eigenvalue weighted by molar-refractivity contribution is 0.0931. The van der Waals surface area contributed by atoms with Crippen LogP contribution in [-0.4, -0.2) is 49.0 Å². The van der Waals surface area contributed by atoms with E-state index in [0.717, 1.165) is 46.3 Å². The second-order valence-corrected chi connectivity index (χ2v) is 11.9. The van der Waals surface area contributed by atoms with E-state index in [1.54, 1.807) is 4.90 Å². The third-order valence-electron chi connectivity index (χ3n) is 8.54. The van der Waals surface area contributed by atoms with Crippen LogP contribution in [0.4, 0.5) is 17.1 Å². The normalized spacial score (nSPS) is 16.4. The topological polar surface area (TPSA) is 202 Å². The van der Waals surface area contributed by atoms with E-state index < -0.39 is 22.7 Å². The van der Waals surface area contributed by atoms with Crippen LogP contribution in [0.15, 0.2) is 58.4 Å². The van der Waals surface area contributed by atoms with Gasteiger partial charge in [-0.3, -0.25) is 19.2 Å². The summed E-state index contributed by atoms with van der Waals surface area (Å²) in [5, 5.41) is 19.9. The fourth-order valence-corrected chi connectivity index (χ4v) is 6.21. The SMILES string of the molecule is CC1(C)CN(c2c(N)c(=O)c2=O)c2cc(CNC(=O)c3cc(C(=O)N[C@H]4CCc5cc(-c6nn[nH]n6)ccc54)ncn3)ccc21. The number of aromatic amines is 1. The lowest BCUT2D eigenvalue weighted by atomic mass is 9.86. The van der Waals surface area contributed by atoms with Gasteiger partial charge in [0.05, 0.1) is 6.04 Å². The summed E-state index contributed by atoms with van der Waals surface area (Å²) in [6.07, 6.45) is 2.69. The van der Waals surface area contributed by atoms with Crippen molar-refractivity contribution >= 4 is 28.9 Å². The number of aromatic nitrogens is 6. The van der Waals surface area contributed by atoms with E-state index in [4.69, 9.17) is 5.73 Å². The Labute approximate surface area is 255 Å². The number of rotatable bonds is 7. The van der Waals surface area contributed by atoms with Gasteiger partial charge in [0.25, 0.3) is 22.7 Å². The molecule has 14 heteroatoms. The predicted molar refractivity (Wildman–Crippen MR) is 164 cm³/mol. The fourth-order valence-electron chi connectivity index (χ4n) is 6.21. The number of benzene rings is 2. The number of hydrogen-bond acceptors (Lipinski definition) is 11. The van der Waals surface area contributed by atoms with E-state index >= 15 is 0 Å². The maximum absolute atomic E-state index is 13.1. The second kappa shape index (κ2) is 10.4. The van der Waals surface area contributed by atoms with Crippen LogP contribution in [0.2, 0.25) is 0 Å². The number of H-pyrrole nitrogens is 1. The predicted octanol–water partition coefficient (Wildman–Crippen LogP) is 1.61. The highest BCUT2D eigenvalue weighted by Gasteiger charge is 2.39. The number of fused-ring (bicyclic) bond motifs is 2. The number of carbonyl (C=O) groups is 2. The summed E-state index contributed by atoms with van der Waals surface area (Å²) < 4.78 is 0. The monoisotopic (exact) mass is 604 g/mol. The molecule has 2 aliphatic rings. The molecule has 5 N–H and O–H groups in total. The molecule has 3 heterocycles. The summed E-state index contributed by atoms with van der Waals surface area (Å²) in [7, 11) is 0. The van der Waals surface area contributed by atoms with Crippen molar-refractivity contribution in [3.05, 3.63) is 103 Å². The summed E-state index contributed by atoms with van der Waals surface area (Å²) in [5.74, 6) is -0.383. The summed E-state index contributed by atoms with van der Waals surface area (Å²) in [6, 6.07) is 12.7. The molecule has 226 valence electrons. The van der Waals surface area contributed by atoms with E-state index in [-0.39, 0.29) is 40.8 Å². The van der Waals surface area contributed by atoms with Crippen LogP contribution < -0.4 is 32.1 Å². The van der Waals surface area contributed by atoms with Gasteiger partial charge < -0.3 is 21.3 Å². The van der Waals surface area contributed by atoms with Crippen molar-refractivity contribution in [2.75, 3.05) is 17.2 Å². The second-order valence-electron chi connectivity index (χ2n) is 11.9. The maximum Gasteiger partial charge on any atom is 0.270 e. The van der Waals surface area contributed by atoms with Crippen molar-refractivity contribution in [1.82, 2.24) is 41.2 Å². The zero-order valence-corrected chi connectivity index (χ0v) is 24.4. The van der Waals surface area contributed by atoms with Gasteiger partial charge >= 0.3 is 0 Å². The van der Waals surface area contributed by atoms with Gasteiger partial charge in [-0.2, -0.15) is 5.21 Å². The van der Waals surface area contributed by atoms with Crippen molar-refractivity contribution in [1.29, 1.82) is 0 Å². The van der Waals surface area contributed by atoms with Gasteiger partial charge in [-0.15, -0.1) is 10.2 Å². The van der Waals surface area contributed by atoms with Crippen LogP contribution in [0.3, 0.4) is 0 Å². The number of tetrazole rings is 1. The Morgan fingerprint density at radius 1 is 1.04 bits per heavy atom. The molecular weight excluding hydrogens is 576 g/mol. The molecule has 0 radical (unpaired) electrons. The molecule has 0 unspecified atom stereocenters. The molecule has 0 saturated heterocycles. The number of aryl methyl sites for hydroxylation is 1. The van der Waals surface area contributed by atoms with Gasteiger partial charge in [-0.1, -0.05) is 38.1 Å². The molecular formula is C31H28N10O4. The van der Waals surface area contributed by atoms with E-state index in [9.17, 15) is 19.2 Å². The number of hydrogen-bond donors (Lipinski definition) is 4. The summed E-state index contributed by atoms with van der Waals surface area (Å²) >= 11 is 0. The molecule has 3 aromatic carbocycles. The molecule has 1 aliphatic heterocycles. The molecule has 1 atom stereocenters. The zero-order chi connectivity index (χ0) is 31.5. The molecule has 5 aromatic rings. The van der Waals surface area contributed by atoms with E-state index in [1.165, 1.54) is 12.4 Å². The van der Waals surface area contributed by atoms with Crippen LogP contribution in [0.1, 0.15) is 69.5 Å². The van der Waals surface area contributed by atoms with Crippen LogP contribution >= 0.6 is 0 Å². The Morgan fingerprint density at radius 3 is 2.60 bits per heavy atom. The molecule has 2 amide bonds. The quantitative estimate of drug-likeness (QED) is 0.197. The van der Waals surface area contributed by atoms with Crippen LogP contribution in [0, 0.1) is 0 Å². The zero-order valence-electron chi connectivity index (χ0n) is 24.4. The number of carbonyl (C=O) groups excluding carboxylic acids is 2. The highest BCUT2D eigenvalue weighted by Crippen LogP contribution is 2.45. The Hall–Kier alpha value is -5.79. The van der Waals surface area contributed by atoms with Crippen LogP contribution in [0.5, 0.6) is 0 Å². The Kier molecular flexibility index (Phi) is 6.49. The highest BCUT2D eigenvalue weighted by molar-refractivity contribution is 5.97. The van der Waals surface area contributed by atoms with Crippen molar-refractivity contribution in [3.63, 3.8) is 0 Å². The maximum atomic E-state index is 13.1. The third kappa shape index (κ3) is 4.80. The number of nitrogen functional groups attached to an aromatic ring is 1. The molecule has 1 aliphatic carbocycles. The van der Waals surface area contributed by atoms with Gasteiger partial charge in [-0.05, 0) is 52.4 Å². The first-order chi connectivity index (χ1) is 21.6. The van der Waals surface area contributed by atoms with Gasteiger partial charge in [0.1, 0.15) is 29.1 Å². The average molecular weight is 605 g/mol. The first kappa shape index (κ1) is 28.0. The van der Waals surface area contributed by atoms with Crippen molar-refractivity contribution in [2.45, 2.75) is 44.7 Å². The molecule has 2 aromatic heterocycles. The summed E-state index contributed by atoms with van der Waals surface area (Å²) in [4.78, 5) is 60.2. The Bertz CT molecular complexity index is 2060. The van der Waals surface area contributed by atoms with Crippen LogP contribution in [-0.2, 0) is 18.4 Å². The number of nitrogens with one attached hydrogen (secondary N) is 3. The average Bonchev–Trinajstić information content (AvgIpc) is 3.78. The van der Waals surface area contributed by atoms with E-state index in [2.05, 4.69) is 55.1 Å². The van der Waals surface area contributed by atoms with Crippen LogP contribution in [0.25, 0.3) is 11.4 Å². The Balaban J connectivity index is 1.02. The number of amides is 2. The molecule has 14 nitrogen and oxygen atoms in total. The number of anilines is 3. The summed E-state index contributed by atoms with van der Waals surface area (Å²) in [5.41, 5.74) is 10.1. The lowest BCUT2D eigenvalue weighted by Crippen LogP contribution is -2.41. The molecule has 0 spiro atoms. The minimum atomic E-state index is -0.666. The molecule has 45 heavy (non-hydrogen) atoms. The molecule has 0 saturated carbocycles. The first-order valence-corrected chi connectivity index (χ1v) is 14.4. The van der Waals surface area contributed by atoms with E-state index in [1.807, 2.05) is 36.4 Å². The third-order valence-corrected chi connectivity index (χ3v) is 8.54. The molecule has 0 fully saturated rings. The Morgan fingerprint density at radius 2 is 1.84 bits per heavy atom. The van der Waals surface area contributed by atoms with Gasteiger partial charge in [0.15, 0.2) is 0 Å². The van der Waals surface area contributed by atoms with E-state index in [0.29, 0.717) is 12.4 Å². The van der Waals surface area contributed by atoms with Crippen molar-refractivity contribution < 1.29 is 9.59 Å². The number of nitrogens with zero attached hydrogens (tertiary/aromatic N) is 6. The van der Waals surface area contributed by atoms with Gasteiger partial charge in [-0.25, -0.2) is 9.97 Å².